The van der Waals surface area contributed by atoms with Crippen molar-refractivity contribution in [1.29, 1.82) is 0 Å². The standard InChI is InChI=1S/C16H24BrNO/c1-16(2,9-10-19-3)11-18-15-8-7-12-13(15)5-4-6-14(12)17/h4-6,15,18H,7-11H2,1-3H3. The first-order valence-corrected chi connectivity index (χ1v) is 7.82. The van der Waals surface area contributed by atoms with Crippen LogP contribution in [0.1, 0.15) is 43.9 Å². The van der Waals surface area contributed by atoms with Gasteiger partial charge in [-0.25, -0.2) is 0 Å². The fourth-order valence-corrected chi connectivity index (χ4v) is 3.27. The predicted octanol–water partition coefficient (Wildman–Crippen LogP) is 4.09. The highest BCUT2D eigenvalue weighted by Crippen LogP contribution is 2.36. The molecule has 1 unspecified atom stereocenters. The molecule has 19 heavy (non-hydrogen) atoms. The van der Waals surface area contributed by atoms with Gasteiger partial charge in [0.15, 0.2) is 0 Å². The van der Waals surface area contributed by atoms with E-state index in [1.807, 2.05) is 0 Å². The lowest BCUT2D eigenvalue weighted by Gasteiger charge is -2.27. The van der Waals surface area contributed by atoms with Gasteiger partial charge in [0, 0.05) is 30.8 Å². The van der Waals surface area contributed by atoms with E-state index < -0.39 is 0 Å². The fourth-order valence-electron chi connectivity index (χ4n) is 2.69. The lowest BCUT2D eigenvalue weighted by atomic mass is 9.89. The van der Waals surface area contributed by atoms with Crippen molar-refractivity contribution in [3.05, 3.63) is 33.8 Å². The minimum absolute atomic E-state index is 0.283. The molecule has 0 spiro atoms. The van der Waals surface area contributed by atoms with Crippen molar-refractivity contribution >= 4 is 15.9 Å². The van der Waals surface area contributed by atoms with E-state index in [1.165, 1.54) is 28.4 Å². The Labute approximate surface area is 125 Å². The van der Waals surface area contributed by atoms with E-state index in [0.29, 0.717) is 6.04 Å². The lowest BCUT2D eigenvalue weighted by Crippen LogP contribution is -2.32. The maximum atomic E-state index is 5.19. The van der Waals surface area contributed by atoms with Gasteiger partial charge in [-0.15, -0.1) is 0 Å². The second-order valence-electron chi connectivity index (χ2n) is 6.19. The summed E-state index contributed by atoms with van der Waals surface area (Å²) in [6, 6.07) is 7.05. The highest BCUT2D eigenvalue weighted by Gasteiger charge is 2.26. The van der Waals surface area contributed by atoms with Crippen LogP contribution in [0.15, 0.2) is 22.7 Å². The van der Waals surface area contributed by atoms with E-state index >= 15 is 0 Å². The van der Waals surface area contributed by atoms with E-state index in [1.54, 1.807) is 7.11 Å². The van der Waals surface area contributed by atoms with Gasteiger partial charge in [-0.2, -0.15) is 0 Å². The Morgan fingerprint density at radius 1 is 1.42 bits per heavy atom. The molecule has 0 saturated carbocycles. The van der Waals surface area contributed by atoms with Gasteiger partial charge in [-0.3, -0.25) is 0 Å². The lowest BCUT2D eigenvalue weighted by molar-refractivity contribution is 0.149. The first-order chi connectivity index (χ1) is 9.03. The van der Waals surface area contributed by atoms with Crippen LogP contribution in [0.3, 0.4) is 0 Å². The number of hydrogen-bond donors (Lipinski definition) is 1. The number of rotatable bonds is 6. The number of halogens is 1. The smallest absolute Gasteiger partial charge is 0.0467 e. The number of hydrogen-bond acceptors (Lipinski definition) is 2. The molecule has 0 aliphatic heterocycles. The van der Waals surface area contributed by atoms with Gasteiger partial charge in [0.25, 0.3) is 0 Å². The van der Waals surface area contributed by atoms with Crippen LogP contribution in [0.4, 0.5) is 0 Å². The Morgan fingerprint density at radius 2 is 2.21 bits per heavy atom. The number of nitrogens with one attached hydrogen (secondary N) is 1. The van der Waals surface area contributed by atoms with Crippen LogP contribution in [0.5, 0.6) is 0 Å². The molecule has 0 radical (unpaired) electrons. The van der Waals surface area contributed by atoms with Crippen LogP contribution >= 0.6 is 15.9 Å². The molecule has 0 amide bonds. The van der Waals surface area contributed by atoms with Crippen molar-refractivity contribution in [2.24, 2.45) is 5.41 Å². The maximum Gasteiger partial charge on any atom is 0.0467 e. The average molecular weight is 326 g/mol. The minimum Gasteiger partial charge on any atom is -0.385 e. The summed E-state index contributed by atoms with van der Waals surface area (Å²) in [5.74, 6) is 0. The number of fused-ring (bicyclic) bond motifs is 1. The first kappa shape index (κ1) is 15.0. The monoisotopic (exact) mass is 325 g/mol. The Hall–Kier alpha value is -0.380. The van der Waals surface area contributed by atoms with Crippen LogP contribution in [-0.4, -0.2) is 20.3 Å². The molecule has 0 heterocycles. The molecule has 0 saturated heterocycles. The molecule has 1 aliphatic rings. The molecular formula is C16H24BrNO. The third-order valence-electron chi connectivity index (χ3n) is 4.02. The zero-order chi connectivity index (χ0) is 13.9. The molecule has 3 heteroatoms. The van der Waals surface area contributed by atoms with Gasteiger partial charge in [-0.1, -0.05) is 41.9 Å². The van der Waals surface area contributed by atoms with Gasteiger partial charge in [0.05, 0.1) is 0 Å². The zero-order valence-electron chi connectivity index (χ0n) is 12.1. The largest absolute Gasteiger partial charge is 0.385 e. The van der Waals surface area contributed by atoms with Crippen molar-refractivity contribution < 1.29 is 4.74 Å². The summed E-state index contributed by atoms with van der Waals surface area (Å²) in [7, 11) is 1.77. The van der Waals surface area contributed by atoms with Crippen molar-refractivity contribution in [3.8, 4) is 0 Å². The highest BCUT2D eigenvalue weighted by molar-refractivity contribution is 9.10. The summed E-state index contributed by atoms with van der Waals surface area (Å²) < 4.78 is 6.44. The summed E-state index contributed by atoms with van der Waals surface area (Å²) in [6.07, 6.45) is 3.47. The molecule has 0 aromatic heterocycles. The molecule has 0 bridgehead atoms. The predicted molar refractivity (Wildman–Crippen MR) is 83.5 cm³/mol. The molecule has 106 valence electrons. The van der Waals surface area contributed by atoms with E-state index in [9.17, 15) is 0 Å². The SMILES string of the molecule is COCCC(C)(C)CNC1CCc2c(Br)cccc21. The fraction of sp³-hybridized carbons (Fsp3) is 0.625. The maximum absolute atomic E-state index is 5.19. The molecule has 1 atom stereocenters. The molecule has 0 fully saturated rings. The van der Waals surface area contributed by atoms with Gasteiger partial charge in [0.1, 0.15) is 0 Å². The van der Waals surface area contributed by atoms with E-state index in [4.69, 9.17) is 4.74 Å². The van der Waals surface area contributed by atoms with Gasteiger partial charge >= 0.3 is 0 Å². The normalized spacial score (nSPS) is 18.6. The van der Waals surface area contributed by atoms with Crippen LogP contribution in [0.25, 0.3) is 0 Å². The second-order valence-corrected chi connectivity index (χ2v) is 7.04. The average Bonchev–Trinajstić information content (AvgIpc) is 2.79. The molecule has 1 aromatic carbocycles. The Kier molecular flexibility index (Phi) is 5.04. The van der Waals surface area contributed by atoms with Gasteiger partial charge in [0.2, 0.25) is 0 Å². The first-order valence-electron chi connectivity index (χ1n) is 7.03. The highest BCUT2D eigenvalue weighted by atomic mass is 79.9. The number of methoxy groups -OCH3 is 1. The number of ether oxygens (including phenoxy) is 1. The van der Waals surface area contributed by atoms with Gasteiger partial charge in [-0.05, 0) is 41.9 Å². The topological polar surface area (TPSA) is 21.3 Å². The van der Waals surface area contributed by atoms with Crippen molar-refractivity contribution in [2.75, 3.05) is 20.3 Å². The summed E-state index contributed by atoms with van der Waals surface area (Å²) in [5, 5.41) is 3.74. The Bertz CT molecular complexity index is 431. The summed E-state index contributed by atoms with van der Waals surface area (Å²) >= 11 is 3.66. The van der Waals surface area contributed by atoms with E-state index in [0.717, 1.165) is 19.6 Å². The van der Waals surface area contributed by atoms with Gasteiger partial charge < -0.3 is 10.1 Å². The van der Waals surface area contributed by atoms with Crippen LogP contribution in [-0.2, 0) is 11.2 Å². The number of benzene rings is 1. The van der Waals surface area contributed by atoms with Crippen LogP contribution in [0, 0.1) is 5.41 Å². The van der Waals surface area contributed by atoms with E-state index in [-0.39, 0.29) is 5.41 Å². The molecule has 1 aromatic rings. The van der Waals surface area contributed by atoms with Crippen molar-refractivity contribution in [2.45, 2.75) is 39.2 Å². The Balaban J connectivity index is 1.94. The molecule has 2 rings (SSSR count). The summed E-state index contributed by atoms with van der Waals surface area (Å²) in [6.45, 7) is 6.47. The molecular weight excluding hydrogens is 302 g/mol. The third-order valence-corrected chi connectivity index (χ3v) is 4.77. The summed E-state index contributed by atoms with van der Waals surface area (Å²) in [4.78, 5) is 0. The minimum atomic E-state index is 0.283. The van der Waals surface area contributed by atoms with Crippen LogP contribution in [0.2, 0.25) is 0 Å². The van der Waals surface area contributed by atoms with Crippen LogP contribution < -0.4 is 5.32 Å². The van der Waals surface area contributed by atoms with Crippen molar-refractivity contribution in [3.63, 3.8) is 0 Å². The third kappa shape index (κ3) is 3.80. The Morgan fingerprint density at radius 3 is 2.95 bits per heavy atom. The summed E-state index contributed by atoms with van der Waals surface area (Å²) in [5.41, 5.74) is 3.23. The molecule has 2 nitrogen and oxygen atoms in total. The zero-order valence-corrected chi connectivity index (χ0v) is 13.7. The second kappa shape index (κ2) is 6.38. The van der Waals surface area contributed by atoms with Crippen molar-refractivity contribution in [1.82, 2.24) is 5.32 Å². The quantitative estimate of drug-likeness (QED) is 0.850. The van der Waals surface area contributed by atoms with E-state index in [2.05, 4.69) is 53.3 Å². The molecule has 1 aliphatic carbocycles. The molecule has 1 N–H and O–H groups in total.